The summed E-state index contributed by atoms with van der Waals surface area (Å²) in [5, 5.41) is 25.3. The van der Waals surface area contributed by atoms with Gasteiger partial charge in [0.05, 0.1) is 24.2 Å². The van der Waals surface area contributed by atoms with Crippen molar-refractivity contribution in [3.63, 3.8) is 0 Å². The number of rotatable bonds is 12. The van der Waals surface area contributed by atoms with Gasteiger partial charge in [0.25, 0.3) is 0 Å². The molecule has 1 aliphatic heterocycles. The first-order chi connectivity index (χ1) is 17.2. The van der Waals surface area contributed by atoms with E-state index in [1.54, 1.807) is 29.1 Å². The Morgan fingerprint density at radius 3 is 2.67 bits per heavy atom. The van der Waals surface area contributed by atoms with Crippen LogP contribution in [0.1, 0.15) is 50.5 Å². The van der Waals surface area contributed by atoms with Crippen molar-refractivity contribution >= 4 is 29.9 Å². The van der Waals surface area contributed by atoms with Crippen LogP contribution >= 0.6 is 0 Å². The third kappa shape index (κ3) is 6.43. The summed E-state index contributed by atoms with van der Waals surface area (Å²) in [6.45, 7) is 3.94. The Kier molecular flexibility index (Phi) is 8.74. The van der Waals surface area contributed by atoms with Crippen molar-refractivity contribution < 1.29 is 13.2 Å². The van der Waals surface area contributed by atoms with Gasteiger partial charge in [0.2, 0.25) is 0 Å². The van der Waals surface area contributed by atoms with Crippen LogP contribution in [0.15, 0.2) is 29.5 Å². The Labute approximate surface area is 208 Å². The number of nitrogens with one attached hydrogen (secondary N) is 2. The second kappa shape index (κ2) is 11.6. The van der Waals surface area contributed by atoms with Crippen molar-refractivity contribution in [2.24, 2.45) is 16.3 Å². The molecule has 2 atom stereocenters. The highest BCUT2D eigenvalue weighted by Crippen LogP contribution is 2.42. The number of nitriles is 1. The predicted molar refractivity (Wildman–Crippen MR) is 134 cm³/mol. The standard InChI is InChI=1S/C25H31F3N8/c1-3-18(11-24(5-6-29)15-35(16-24)17-25(26,27)28)9-19(12-30)23-34-21(20(13-31)14-32-4-2)10-22-33-7-8-36(22)23/h7-10,12-14,18,20,30-31H,3-5,11,15-17H2,1-2H3/b19-9+,30-12?,31-13?,32-14?. The molecule has 3 rings (SSSR count). The number of hydrogen-bond donors (Lipinski definition) is 2. The van der Waals surface area contributed by atoms with Crippen molar-refractivity contribution in [1.82, 2.24) is 19.3 Å². The van der Waals surface area contributed by atoms with Crippen molar-refractivity contribution in [3.8, 4) is 6.07 Å². The normalized spacial score (nSPS) is 18.1. The quantitative estimate of drug-likeness (QED) is 0.408. The van der Waals surface area contributed by atoms with Crippen LogP contribution < -0.4 is 0 Å². The maximum Gasteiger partial charge on any atom is 0.401 e. The van der Waals surface area contributed by atoms with Gasteiger partial charge in [0.15, 0.2) is 0 Å². The molecular weight excluding hydrogens is 469 g/mol. The SMILES string of the molecule is CCN=CC(C=N)c1cc2nccn2c(/C(C=N)=C/C(CC)CC2(CC#N)CN(CC(F)(F)F)C2)n1. The molecule has 2 unspecified atom stereocenters. The van der Waals surface area contributed by atoms with Crippen molar-refractivity contribution in [2.45, 2.75) is 45.2 Å². The number of fused-ring (bicyclic) bond motifs is 1. The Bertz CT molecular complexity index is 1170. The predicted octanol–water partition coefficient (Wildman–Crippen LogP) is 4.78. The molecule has 11 heteroatoms. The molecule has 2 N–H and O–H groups in total. The molecular formula is C25H31F3N8. The zero-order valence-electron chi connectivity index (χ0n) is 20.5. The van der Waals surface area contributed by atoms with E-state index in [9.17, 15) is 18.4 Å². The molecule has 1 fully saturated rings. The van der Waals surface area contributed by atoms with E-state index in [4.69, 9.17) is 15.8 Å². The summed E-state index contributed by atoms with van der Waals surface area (Å²) in [6.07, 6.45) is 6.59. The summed E-state index contributed by atoms with van der Waals surface area (Å²) < 4.78 is 40.2. The zero-order chi connectivity index (χ0) is 26.3. The Morgan fingerprint density at radius 1 is 1.33 bits per heavy atom. The molecule has 192 valence electrons. The minimum absolute atomic E-state index is 0.0628. The van der Waals surface area contributed by atoms with Crippen LogP contribution in [0.25, 0.3) is 11.2 Å². The smallest absolute Gasteiger partial charge is 0.312 e. The molecule has 2 aromatic heterocycles. The summed E-state index contributed by atoms with van der Waals surface area (Å²) in [5.74, 6) is -0.00751. The number of allylic oxidation sites excluding steroid dienone is 2. The largest absolute Gasteiger partial charge is 0.401 e. The van der Waals surface area contributed by atoms with Crippen molar-refractivity contribution in [3.05, 3.63) is 36.1 Å². The molecule has 1 saturated heterocycles. The van der Waals surface area contributed by atoms with Gasteiger partial charge in [-0.25, -0.2) is 9.97 Å². The monoisotopic (exact) mass is 500 g/mol. The van der Waals surface area contributed by atoms with Gasteiger partial charge in [0, 0.05) is 74.1 Å². The fourth-order valence-electron chi connectivity index (χ4n) is 4.81. The van der Waals surface area contributed by atoms with Crippen molar-refractivity contribution in [1.29, 1.82) is 16.1 Å². The Balaban J connectivity index is 1.93. The van der Waals surface area contributed by atoms with E-state index in [2.05, 4.69) is 16.0 Å². The number of likely N-dealkylation sites (tertiary alicyclic amines) is 1. The minimum atomic E-state index is -4.26. The summed E-state index contributed by atoms with van der Waals surface area (Å²) in [7, 11) is 0. The molecule has 0 spiro atoms. The van der Waals surface area contributed by atoms with Gasteiger partial charge in [-0.2, -0.15) is 18.4 Å². The molecule has 0 aromatic carbocycles. The Hall–Kier alpha value is -3.39. The summed E-state index contributed by atoms with van der Waals surface area (Å²) >= 11 is 0. The molecule has 8 nitrogen and oxygen atoms in total. The second-order valence-electron chi connectivity index (χ2n) is 9.23. The Morgan fingerprint density at radius 2 is 2.08 bits per heavy atom. The molecule has 36 heavy (non-hydrogen) atoms. The first-order valence-corrected chi connectivity index (χ1v) is 11.9. The van der Waals surface area contributed by atoms with Gasteiger partial charge in [0.1, 0.15) is 11.5 Å². The van der Waals surface area contributed by atoms with E-state index in [1.807, 2.05) is 19.9 Å². The highest BCUT2D eigenvalue weighted by atomic mass is 19.4. The summed E-state index contributed by atoms with van der Waals surface area (Å²) in [5.41, 5.74) is 1.24. The fourth-order valence-corrected chi connectivity index (χ4v) is 4.81. The van der Waals surface area contributed by atoms with E-state index in [1.165, 1.54) is 17.3 Å². The highest BCUT2D eigenvalue weighted by molar-refractivity contribution is 6.07. The van der Waals surface area contributed by atoms with Gasteiger partial charge in [-0.05, 0) is 25.7 Å². The zero-order valence-corrected chi connectivity index (χ0v) is 20.5. The van der Waals surface area contributed by atoms with E-state index in [0.717, 1.165) is 0 Å². The third-order valence-corrected chi connectivity index (χ3v) is 6.40. The van der Waals surface area contributed by atoms with Crippen LogP contribution in [0, 0.1) is 33.5 Å². The van der Waals surface area contributed by atoms with E-state index in [0.29, 0.717) is 42.1 Å². The lowest BCUT2D eigenvalue weighted by Gasteiger charge is -2.50. The van der Waals surface area contributed by atoms with Gasteiger partial charge in [-0.3, -0.25) is 14.3 Å². The molecule has 0 radical (unpaired) electrons. The number of aromatic nitrogens is 3. The average Bonchev–Trinajstić information content (AvgIpc) is 3.29. The lowest BCUT2D eigenvalue weighted by atomic mass is 9.70. The van der Waals surface area contributed by atoms with Gasteiger partial charge >= 0.3 is 6.18 Å². The first kappa shape index (κ1) is 27.2. The number of imidazole rings is 1. The maximum absolute atomic E-state index is 12.8. The lowest BCUT2D eigenvalue weighted by Crippen LogP contribution is -2.58. The average molecular weight is 501 g/mol. The topological polar surface area (TPSA) is 117 Å². The molecule has 0 aliphatic carbocycles. The van der Waals surface area contributed by atoms with Crippen LogP contribution in [-0.2, 0) is 0 Å². The molecule has 1 aliphatic rings. The number of nitrogens with zero attached hydrogens (tertiary/aromatic N) is 6. The minimum Gasteiger partial charge on any atom is -0.312 e. The number of aliphatic imine (C=N–C) groups is 1. The molecule has 2 aromatic rings. The summed E-state index contributed by atoms with van der Waals surface area (Å²) in [4.78, 5) is 14.7. The number of hydrogen-bond acceptors (Lipinski definition) is 7. The van der Waals surface area contributed by atoms with Crippen LogP contribution in [-0.4, -0.2) is 70.3 Å². The van der Waals surface area contributed by atoms with E-state index in [-0.39, 0.29) is 25.4 Å². The number of halogens is 3. The van der Waals surface area contributed by atoms with E-state index < -0.39 is 24.1 Å². The molecule has 3 heterocycles. The number of alkyl halides is 3. The van der Waals surface area contributed by atoms with Gasteiger partial charge in [-0.15, -0.1) is 0 Å². The van der Waals surface area contributed by atoms with Crippen molar-refractivity contribution in [2.75, 3.05) is 26.2 Å². The summed E-state index contributed by atoms with van der Waals surface area (Å²) in [6, 6.07) is 3.94. The van der Waals surface area contributed by atoms with Crippen LogP contribution in [0.5, 0.6) is 0 Å². The highest BCUT2D eigenvalue weighted by Gasteiger charge is 2.47. The van der Waals surface area contributed by atoms with Crippen LogP contribution in [0.3, 0.4) is 0 Å². The van der Waals surface area contributed by atoms with Crippen LogP contribution in [0.2, 0.25) is 0 Å². The van der Waals surface area contributed by atoms with Gasteiger partial charge in [-0.1, -0.05) is 13.0 Å². The molecule has 0 bridgehead atoms. The molecule has 0 amide bonds. The first-order valence-electron chi connectivity index (χ1n) is 11.9. The van der Waals surface area contributed by atoms with Crippen LogP contribution in [0.4, 0.5) is 13.2 Å². The molecule has 0 saturated carbocycles. The lowest BCUT2D eigenvalue weighted by molar-refractivity contribution is -0.170. The second-order valence-corrected chi connectivity index (χ2v) is 9.23. The third-order valence-electron chi connectivity index (χ3n) is 6.40. The van der Waals surface area contributed by atoms with Gasteiger partial charge < -0.3 is 10.8 Å². The van der Waals surface area contributed by atoms with E-state index >= 15 is 0 Å². The fraction of sp³-hybridized carbons (Fsp3) is 0.520. The maximum atomic E-state index is 12.8.